The van der Waals surface area contributed by atoms with Crippen molar-refractivity contribution in [2.45, 2.75) is 13.0 Å². The number of rotatable bonds is 9. The van der Waals surface area contributed by atoms with E-state index in [-0.39, 0.29) is 12.4 Å². The number of fused-ring (bicyclic) bond motifs is 1. The van der Waals surface area contributed by atoms with Crippen LogP contribution in [0.1, 0.15) is 28.9 Å². The van der Waals surface area contributed by atoms with Crippen molar-refractivity contribution in [3.05, 3.63) is 90.2 Å². The molecule has 10 nitrogen and oxygen atoms in total. The molecule has 2 aromatic carbocycles. The molecule has 3 rings (SSSR count). The molecule has 0 radical (unpaired) electrons. The number of nitrogens with one attached hydrogen (secondary N) is 2. The van der Waals surface area contributed by atoms with Gasteiger partial charge in [0.1, 0.15) is 25.1 Å². The minimum absolute atomic E-state index is 0.0188. The van der Waals surface area contributed by atoms with E-state index in [0.29, 0.717) is 47.2 Å². The first-order valence-electron chi connectivity index (χ1n) is 11.7. The molecule has 194 valence electrons. The Labute approximate surface area is 216 Å². The molecular formula is C27H32N6O4. The predicted molar refractivity (Wildman–Crippen MR) is 144 cm³/mol. The highest BCUT2D eigenvalue weighted by atomic mass is 16.6. The van der Waals surface area contributed by atoms with Crippen LogP contribution in [0, 0.1) is 0 Å². The first-order valence-corrected chi connectivity index (χ1v) is 11.7. The fourth-order valence-corrected chi connectivity index (χ4v) is 3.29. The molecule has 1 aliphatic heterocycles. The quantitative estimate of drug-likeness (QED) is 0.178. The topological polar surface area (TPSA) is 144 Å². The Bertz CT molecular complexity index is 1220. The zero-order valence-electron chi connectivity index (χ0n) is 20.9. The van der Waals surface area contributed by atoms with Crippen LogP contribution < -0.4 is 31.6 Å². The first kappa shape index (κ1) is 27.2. The van der Waals surface area contributed by atoms with Gasteiger partial charge in [-0.25, -0.2) is 0 Å². The highest BCUT2D eigenvalue weighted by Crippen LogP contribution is 2.32. The fraction of sp³-hybridized carbons (Fsp3) is 0.222. The largest absolute Gasteiger partial charge is 0.486 e. The number of likely N-dealkylation sites (N-methyl/N-ethyl adjacent to an activating group) is 1. The minimum Gasteiger partial charge on any atom is -0.486 e. The molecule has 2 amide bonds. The van der Waals surface area contributed by atoms with Crippen molar-refractivity contribution >= 4 is 23.3 Å². The van der Waals surface area contributed by atoms with Gasteiger partial charge in [-0.2, -0.15) is 5.10 Å². The lowest BCUT2D eigenvalue weighted by Gasteiger charge is -2.19. The van der Waals surface area contributed by atoms with Crippen LogP contribution in [0.15, 0.2) is 84.1 Å². The van der Waals surface area contributed by atoms with Gasteiger partial charge in [-0.15, -0.1) is 0 Å². The van der Waals surface area contributed by atoms with E-state index in [1.807, 2.05) is 25.2 Å². The maximum atomic E-state index is 12.7. The van der Waals surface area contributed by atoms with Crippen molar-refractivity contribution in [2.75, 3.05) is 32.1 Å². The molecule has 6 N–H and O–H groups in total. The second-order valence-corrected chi connectivity index (χ2v) is 8.05. The summed E-state index contributed by atoms with van der Waals surface area (Å²) in [6.07, 6.45) is 7.37. The Morgan fingerprint density at radius 1 is 1.14 bits per heavy atom. The number of ether oxygens (including phenoxy) is 2. The van der Waals surface area contributed by atoms with Crippen molar-refractivity contribution in [3.63, 3.8) is 0 Å². The van der Waals surface area contributed by atoms with Crippen LogP contribution in [0.5, 0.6) is 11.5 Å². The van der Waals surface area contributed by atoms with Gasteiger partial charge in [-0.3, -0.25) is 14.6 Å². The molecule has 1 heterocycles. The molecule has 1 atom stereocenters. The highest BCUT2D eigenvalue weighted by Gasteiger charge is 2.19. The number of nitrogens with zero attached hydrogens (tertiary/aromatic N) is 2. The van der Waals surface area contributed by atoms with Gasteiger partial charge >= 0.3 is 0 Å². The van der Waals surface area contributed by atoms with E-state index in [2.05, 4.69) is 22.3 Å². The number of allylic oxidation sites excluding steroid dienone is 4. The standard InChI is InChI=1S/C27H32N6O4/c1-4-5-6-7-18(2)33(3)32-24(17-28)31-26(34)20-10-8-19(9-11-20)25(29)27(35)30-21-12-13-22-23(16-21)37-15-14-36-22/h4-13,16,25H,2,14-15,17,28-29H2,1,3H3,(H,30,35)(H,31,32,34)/b5-4-,7-6-. The van der Waals surface area contributed by atoms with Crippen LogP contribution in [0.2, 0.25) is 0 Å². The van der Waals surface area contributed by atoms with Crippen LogP contribution in [0.25, 0.3) is 0 Å². The zero-order chi connectivity index (χ0) is 26.8. The number of carbonyl (C=O) groups excluding carboxylic acids is 2. The van der Waals surface area contributed by atoms with Gasteiger partial charge in [-0.05, 0) is 42.8 Å². The average molecular weight is 505 g/mol. The Hall–Kier alpha value is -4.41. The monoisotopic (exact) mass is 504 g/mol. The third kappa shape index (κ3) is 7.53. The van der Waals surface area contributed by atoms with Gasteiger partial charge in [-0.1, -0.05) is 36.9 Å². The molecule has 1 unspecified atom stereocenters. The summed E-state index contributed by atoms with van der Waals surface area (Å²) < 4.78 is 11.0. The molecule has 0 spiro atoms. The Morgan fingerprint density at radius 2 is 1.84 bits per heavy atom. The Balaban J connectivity index is 1.60. The third-order valence-corrected chi connectivity index (χ3v) is 5.35. The van der Waals surface area contributed by atoms with Gasteiger partial charge < -0.3 is 31.6 Å². The maximum Gasteiger partial charge on any atom is 0.256 e. The summed E-state index contributed by atoms with van der Waals surface area (Å²) in [6, 6.07) is 10.6. The number of anilines is 1. The summed E-state index contributed by atoms with van der Waals surface area (Å²) >= 11 is 0. The number of hydrogen-bond donors (Lipinski definition) is 4. The van der Waals surface area contributed by atoms with Crippen LogP contribution in [-0.4, -0.2) is 49.5 Å². The molecule has 0 aromatic heterocycles. The Morgan fingerprint density at radius 3 is 2.51 bits per heavy atom. The molecule has 0 fully saturated rings. The maximum absolute atomic E-state index is 12.7. The van der Waals surface area contributed by atoms with E-state index in [1.165, 1.54) is 5.01 Å². The molecule has 10 heteroatoms. The van der Waals surface area contributed by atoms with Crippen molar-refractivity contribution in [3.8, 4) is 11.5 Å². The lowest BCUT2D eigenvalue weighted by atomic mass is 10.0. The van der Waals surface area contributed by atoms with Crippen molar-refractivity contribution in [2.24, 2.45) is 16.6 Å². The number of amides is 2. The second-order valence-electron chi connectivity index (χ2n) is 8.05. The van der Waals surface area contributed by atoms with E-state index in [4.69, 9.17) is 20.9 Å². The van der Waals surface area contributed by atoms with Crippen molar-refractivity contribution in [1.82, 2.24) is 10.3 Å². The number of hydrogen-bond acceptors (Lipinski definition) is 8. The minimum atomic E-state index is -0.943. The van der Waals surface area contributed by atoms with Gasteiger partial charge in [0.2, 0.25) is 5.91 Å². The van der Waals surface area contributed by atoms with Crippen molar-refractivity contribution in [1.29, 1.82) is 0 Å². The smallest absolute Gasteiger partial charge is 0.256 e. The summed E-state index contributed by atoms with van der Waals surface area (Å²) in [5, 5.41) is 11.3. The molecule has 2 aromatic rings. The van der Waals surface area contributed by atoms with Crippen molar-refractivity contribution < 1.29 is 19.1 Å². The second kappa shape index (κ2) is 13.1. The van der Waals surface area contributed by atoms with E-state index < -0.39 is 17.9 Å². The third-order valence-electron chi connectivity index (χ3n) is 5.35. The summed E-state index contributed by atoms with van der Waals surface area (Å²) in [5.74, 6) is 0.663. The van der Waals surface area contributed by atoms with Gasteiger partial charge in [0.05, 0.1) is 12.2 Å². The number of carbonyl (C=O) groups is 2. The van der Waals surface area contributed by atoms with E-state index in [9.17, 15) is 9.59 Å². The lowest BCUT2D eigenvalue weighted by Crippen LogP contribution is -2.37. The summed E-state index contributed by atoms with van der Waals surface area (Å²) in [5.41, 5.74) is 14.0. The predicted octanol–water partition coefficient (Wildman–Crippen LogP) is 2.68. The lowest BCUT2D eigenvalue weighted by molar-refractivity contribution is -0.117. The molecule has 37 heavy (non-hydrogen) atoms. The SMILES string of the molecule is C=C(/C=C\C=C/C)N(C)/N=C(\CN)NC(=O)c1ccc(C(N)C(=O)Nc2ccc3c(c2)OCCO3)cc1. The summed E-state index contributed by atoms with van der Waals surface area (Å²) in [4.78, 5) is 25.4. The van der Waals surface area contributed by atoms with Gasteiger partial charge in [0, 0.05) is 24.4 Å². The molecule has 0 bridgehead atoms. The normalized spacial score (nSPS) is 13.9. The average Bonchev–Trinajstić information content (AvgIpc) is 2.92. The number of amidine groups is 1. The Kier molecular flexibility index (Phi) is 9.59. The van der Waals surface area contributed by atoms with Crippen LogP contribution in [0.4, 0.5) is 5.69 Å². The van der Waals surface area contributed by atoms with E-state index in [1.54, 1.807) is 55.6 Å². The summed E-state index contributed by atoms with van der Waals surface area (Å²) in [7, 11) is 1.70. The van der Waals surface area contributed by atoms with Crippen LogP contribution >= 0.6 is 0 Å². The number of benzene rings is 2. The molecule has 1 aliphatic rings. The molecular weight excluding hydrogens is 472 g/mol. The van der Waals surface area contributed by atoms with Gasteiger partial charge in [0.25, 0.3) is 5.91 Å². The molecule has 0 saturated carbocycles. The highest BCUT2D eigenvalue weighted by molar-refractivity contribution is 6.07. The van der Waals surface area contributed by atoms with E-state index in [0.717, 1.165) is 0 Å². The molecule has 0 aliphatic carbocycles. The number of hydrazone groups is 1. The fourth-order valence-electron chi connectivity index (χ4n) is 3.29. The van der Waals surface area contributed by atoms with Gasteiger partial charge in [0.15, 0.2) is 11.5 Å². The number of nitrogens with two attached hydrogens (primary N) is 2. The first-order chi connectivity index (χ1) is 17.8. The van der Waals surface area contributed by atoms with E-state index >= 15 is 0 Å². The zero-order valence-corrected chi connectivity index (χ0v) is 20.9. The van der Waals surface area contributed by atoms with Crippen LogP contribution in [-0.2, 0) is 4.79 Å². The summed E-state index contributed by atoms with van der Waals surface area (Å²) in [6.45, 7) is 6.79. The molecule has 0 saturated heterocycles. The van der Waals surface area contributed by atoms with Crippen LogP contribution in [0.3, 0.4) is 0 Å².